The standard InChI is InChI=1S/C23H19FO/c1-2-22(18-6-4-3-5-7-18)23(20-12-14-21(24)15-13-20)19-10-8-17(16-25)9-11-19/h3-16H,2H2,1H3/b23-22+. The van der Waals surface area contributed by atoms with E-state index in [0.717, 1.165) is 35.0 Å². The van der Waals surface area contributed by atoms with E-state index in [1.54, 1.807) is 12.1 Å². The van der Waals surface area contributed by atoms with Crippen molar-refractivity contribution in [1.82, 2.24) is 0 Å². The molecule has 0 radical (unpaired) electrons. The van der Waals surface area contributed by atoms with Crippen LogP contribution in [-0.2, 0) is 0 Å². The molecule has 3 aromatic rings. The highest BCUT2D eigenvalue weighted by Gasteiger charge is 2.13. The third-order valence-electron chi connectivity index (χ3n) is 4.25. The molecule has 0 bridgehead atoms. The molecule has 2 heteroatoms. The lowest BCUT2D eigenvalue weighted by atomic mass is 9.88. The summed E-state index contributed by atoms with van der Waals surface area (Å²) in [4.78, 5) is 11.0. The number of aldehydes is 1. The lowest BCUT2D eigenvalue weighted by Crippen LogP contribution is -1.95. The molecule has 3 rings (SSSR count). The van der Waals surface area contributed by atoms with E-state index in [-0.39, 0.29) is 5.82 Å². The van der Waals surface area contributed by atoms with Gasteiger partial charge in [-0.25, -0.2) is 4.39 Å². The number of allylic oxidation sites excluding steroid dienone is 1. The summed E-state index contributed by atoms with van der Waals surface area (Å²) in [6.45, 7) is 2.12. The van der Waals surface area contributed by atoms with E-state index < -0.39 is 0 Å². The largest absolute Gasteiger partial charge is 0.298 e. The number of carbonyl (C=O) groups excluding carboxylic acids is 1. The molecule has 0 atom stereocenters. The normalized spacial score (nSPS) is 11.8. The Bertz CT molecular complexity index is 876. The van der Waals surface area contributed by atoms with E-state index in [1.165, 1.54) is 17.7 Å². The Morgan fingerprint density at radius 2 is 1.36 bits per heavy atom. The van der Waals surface area contributed by atoms with Crippen molar-refractivity contribution >= 4 is 17.4 Å². The molecule has 0 aliphatic carbocycles. The summed E-state index contributed by atoms with van der Waals surface area (Å²) in [6, 6.07) is 24.3. The van der Waals surface area contributed by atoms with Crippen molar-refractivity contribution in [3.05, 3.63) is 107 Å². The van der Waals surface area contributed by atoms with Crippen LogP contribution in [0.15, 0.2) is 78.9 Å². The summed E-state index contributed by atoms with van der Waals surface area (Å²) in [6.07, 6.45) is 1.68. The first kappa shape index (κ1) is 16.8. The number of hydrogen-bond donors (Lipinski definition) is 0. The molecule has 0 unspecified atom stereocenters. The molecule has 0 saturated heterocycles. The number of hydrogen-bond acceptors (Lipinski definition) is 1. The van der Waals surface area contributed by atoms with Crippen molar-refractivity contribution < 1.29 is 9.18 Å². The van der Waals surface area contributed by atoms with Gasteiger partial charge in [0.05, 0.1) is 0 Å². The average molecular weight is 330 g/mol. The van der Waals surface area contributed by atoms with Gasteiger partial charge >= 0.3 is 0 Å². The van der Waals surface area contributed by atoms with Gasteiger partial charge in [0.25, 0.3) is 0 Å². The van der Waals surface area contributed by atoms with Gasteiger partial charge in [0.15, 0.2) is 0 Å². The maximum Gasteiger partial charge on any atom is 0.150 e. The number of carbonyl (C=O) groups is 1. The minimum atomic E-state index is -0.253. The smallest absolute Gasteiger partial charge is 0.150 e. The first-order valence-corrected chi connectivity index (χ1v) is 8.33. The summed E-state index contributed by atoms with van der Waals surface area (Å²) in [5.74, 6) is -0.253. The Labute approximate surface area is 147 Å². The van der Waals surface area contributed by atoms with Gasteiger partial charge in [-0.15, -0.1) is 0 Å². The van der Waals surface area contributed by atoms with Crippen molar-refractivity contribution in [2.45, 2.75) is 13.3 Å². The van der Waals surface area contributed by atoms with Crippen LogP contribution >= 0.6 is 0 Å². The predicted molar refractivity (Wildman–Crippen MR) is 101 cm³/mol. The molecular weight excluding hydrogens is 311 g/mol. The predicted octanol–water partition coefficient (Wildman–Crippen LogP) is 6.01. The van der Waals surface area contributed by atoms with Crippen molar-refractivity contribution in [3.8, 4) is 0 Å². The van der Waals surface area contributed by atoms with Gasteiger partial charge in [-0.05, 0) is 46.4 Å². The van der Waals surface area contributed by atoms with Crippen LogP contribution < -0.4 is 0 Å². The second kappa shape index (κ2) is 7.71. The highest BCUT2D eigenvalue weighted by atomic mass is 19.1. The molecule has 0 aliphatic rings. The molecule has 0 spiro atoms. The van der Waals surface area contributed by atoms with E-state index in [2.05, 4.69) is 19.1 Å². The highest BCUT2D eigenvalue weighted by molar-refractivity contribution is 5.98. The van der Waals surface area contributed by atoms with Gasteiger partial charge in [-0.1, -0.05) is 73.7 Å². The molecule has 0 saturated carbocycles. The summed E-state index contributed by atoms with van der Waals surface area (Å²) >= 11 is 0. The van der Waals surface area contributed by atoms with Crippen LogP contribution in [0.3, 0.4) is 0 Å². The van der Waals surface area contributed by atoms with Crippen LogP contribution in [0, 0.1) is 5.82 Å². The molecule has 0 aliphatic heterocycles. The van der Waals surface area contributed by atoms with Gasteiger partial charge in [-0.3, -0.25) is 4.79 Å². The summed E-state index contributed by atoms with van der Waals surface area (Å²) in [7, 11) is 0. The number of rotatable bonds is 5. The SMILES string of the molecule is CC/C(=C(\c1ccc(F)cc1)c1ccc(C=O)cc1)c1ccccc1. The van der Waals surface area contributed by atoms with Crippen molar-refractivity contribution in [3.63, 3.8) is 0 Å². The summed E-state index contributed by atoms with van der Waals surface area (Å²) < 4.78 is 13.4. The maximum atomic E-state index is 13.4. The Balaban J connectivity index is 2.24. The molecule has 124 valence electrons. The lowest BCUT2D eigenvalue weighted by Gasteiger charge is -2.16. The molecule has 0 aromatic heterocycles. The zero-order chi connectivity index (χ0) is 17.6. The molecule has 25 heavy (non-hydrogen) atoms. The van der Waals surface area contributed by atoms with E-state index in [0.29, 0.717) is 5.56 Å². The minimum Gasteiger partial charge on any atom is -0.298 e. The quantitative estimate of drug-likeness (QED) is 0.414. The number of halogens is 1. The Morgan fingerprint density at radius 3 is 1.88 bits per heavy atom. The van der Waals surface area contributed by atoms with Crippen LogP contribution in [-0.4, -0.2) is 6.29 Å². The molecule has 0 N–H and O–H groups in total. The molecule has 3 aromatic carbocycles. The van der Waals surface area contributed by atoms with Crippen LogP contribution in [0.4, 0.5) is 4.39 Å². The minimum absolute atomic E-state index is 0.253. The molecule has 1 nitrogen and oxygen atoms in total. The first-order chi connectivity index (χ1) is 12.2. The topological polar surface area (TPSA) is 17.1 Å². The second-order valence-corrected chi connectivity index (χ2v) is 5.82. The highest BCUT2D eigenvalue weighted by Crippen LogP contribution is 2.34. The summed E-state index contributed by atoms with van der Waals surface area (Å²) in [5, 5.41) is 0. The molecule has 0 heterocycles. The Kier molecular flexibility index (Phi) is 5.20. The van der Waals surface area contributed by atoms with Crippen molar-refractivity contribution in [2.75, 3.05) is 0 Å². The molecule has 0 amide bonds. The monoisotopic (exact) mass is 330 g/mol. The van der Waals surface area contributed by atoms with Gasteiger partial charge in [0, 0.05) is 5.56 Å². The first-order valence-electron chi connectivity index (χ1n) is 8.33. The maximum absolute atomic E-state index is 13.4. The Morgan fingerprint density at radius 1 is 0.800 bits per heavy atom. The zero-order valence-corrected chi connectivity index (χ0v) is 14.1. The third-order valence-corrected chi connectivity index (χ3v) is 4.25. The fraction of sp³-hybridized carbons (Fsp3) is 0.0870. The van der Waals surface area contributed by atoms with Crippen LogP contribution in [0.5, 0.6) is 0 Å². The van der Waals surface area contributed by atoms with Crippen molar-refractivity contribution in [2.24, 2.45) is 0 Å². The van der Waals surface area contributed by atoms with Gasteiger partial charge in [0.1, 0.15) is 12.1 Å². The van der Waals surface area contributed by atoms with Gasteiger partial charge < -0.3 is 0 Å². The molecule has 0 fully saturated rings. The molecular formula is C23H19FO. The van der Waals surface area contributed by atoms with E-state index in [4.69, 9.17) is 0 Å². The zero-order valence-electron chi connectivity index (χ0n) is 14.1. The van der Waals surface area contributed by atoms with Crippen molar-refractivity contribution in [1.29, 1.82) is 0 Å². The number of benzene rings is 3. The summed E-state index contributed by atoms with van der Waals surface area (Å²) in [5.41, 5.74) is 6.00. The fourth-order valence-corrected chi connectivity index (χ4v) is 3.02. The third kappa shape index (κ3) is 3.74. The second-order valence-electron chi connectivity index (χ2n) is 5.82. The van der Waals surface area contributed by atoms with Crippen LogP contribution in [0.25, 0.3) is 11.1 Å². The van der Waals surface area contributed by atoms with E-state index in [1.807, 2.05) is 42.5 Å². The fourth-order valence-electron chi connectivity index (χ4n) is 3.02. The Hall–Kier alpha value is -3.00. The lowest BCUT2D eigenvalue weighted by molar-refractivity contribution is 0.112. The van der Waals surface area contributed by atoms with E-state index in [9.17, 15) is 9.18 Å². The van der Waals surface area contributed by atoms with Crippen LogP contribution in [0.2, 0.25) is 0 Å². The van der Waals surface area contributed by atoms with E-state index >= 15 is 0 Å². The van der Waals surface area contributed by atoms with Crippen LogP contribution in [0.1, 0.15) is 40.4 Å². The van der Waals surface area contributed by atoms with Gasteiger partial charge in [-0.2, -0.15) is 0 Å². The average Bonchev–Trinajstić information content (AvgIpc) is 2.68. The van der Waals surface area contributed by atoms with Gasteiger partial charge in [0.2, 0.25) is 0 Å².